The first-order chi connectivity index (χ1) is 14.1. The fourth-order valence-corrected chi connectivity index (χ4v) is 4.41. The average Bonchev–Trinajstić information content (AvgIpc) is 2.72. The van der Waals surface area contributed by atoms with Crippen molar-refractivity contribution in [3.63, 3.8) is 0 Å². The molecule has 2 amide bonds. The largest absolute Gasteiger partial charge is 0.351 e. The zero-order chi connectivity index (χ0) is 20.3. The second kappa shape index (κ2) is 8.24. The van der Waals surface area contributed by atoms with E-state index in [0.717, 1.165) is 42.5 Å². The summed E-state index contributed by atoms with van der Waals surface area (Å²) >= 11 is 0. The monoisotopic (exact) mass is 388 g/mol. The van der Waals surface area contributed by atoms with Crippen molar-refractivity contribution in [2.45, 2.75) is 57.0 Å². The van der Waals surface area contributed by atoms with E-state index in [9.17, 15) is 9.59 Å². The molecule has 0 spiro atoms. The van der Waals surface area contributed by atoms with Crippen molar-refractivity contribution in [3.8, 4) is 0 Å². The van der Waals surface area contributed by atoms with Crippen molar-refractivity contribution in [2.24, 2.45) is 0 Å². The third-order valence-corrected chi connectivity index (χ3v) is 6.01. The van der Waals surface area contributed by atoms with Gasteiger partial charge in [-0.1, -0.05) is 67.8 Å². The topological polar surface area (TPSA) is 49.4 Å². The molecule has 1 saturated carbocycles. The minimum atomic E-state index is -0.974. The molecule has 0 bridgehead atoms. The van der Waals surface area contributed by atoms with Crippen LogP contribution in [0.15, 0.2) is 60.7 Å². The van der Waals surface area contributed by atoms with Crippen LogP contribution in [0.1, 0.15) is 49.7 Å². The maximum Gasteiger partial charge on any atom is 0.251 e. The molecule has 1 aliphatic carbocycles. The van der Waals surface area contributed by atoms with Gasteiger partial charge in [0.1, 0.15) is 0 Å². The highest BCUT2D eigenvalue weighted by Gasteiger charge is 2.55. The Kier molecular flexibility index (Phi) is 5.52. The van der Waals surface area contributed by atoms with E-state index < -0.39 is 5.54 Å². The standard InChI is InChI=1S/C25H28N2O2/c1-19-9-8-14-22(17-19)27-23(28)18-25(27,16-15-20-10-4-2-5-11-20)24(29)26-21-12-6-3-7-13-21/h2,4-5,8-11,14-17,21H,3,6-7,12-13,18H2,1H3,(H,26,29)/b16-15+/t25-/m0/s1. The number of β-lactam (4-membered cyclic amide) rings is 1. The minimum absolute atomic E-state index is 0.0212. The van der Waals surface area contributed by atoms with Crippen LogP contribution in [0.3, 0.4) is 0 Å². The van der Waals surface area contributed by atoms with Crippen LogP contribution in [-0.2, 0) is 9.59 Å². The Bertz CT molecular complexity index is 915. The van der Waals surface area contributed by atoms with Crippen LogP contribution < -0.4 is 10.2 Å². The van der Waals surface area contributed by atoms with Gasteiger partial charge in [0.25, 0.3) is 5.91 Å². The van der Waals surface area contributed by atoms with Crippen molar-refractivity contribution < 1.29 is 9.59 Å². The fraction of sp³-hybridized carbons (Fsp3) is 0.360. The molecule has 4 nitrogen and oxygen atoms in total. The molecule has 2 aliphatic rings. The van der Waals surface area contributed by atoms with Gasteiger partial charge in [-0.05, 0) is 49.1 Å². The number of aryl methyl sites for hydroxylation is 1. The van der Waals surface area contributed by atoms with E-state index in [1.54, 1.807) is 4.90 Å². The van der Waals surface area contributed by atoms with E-state index in [4.69, 9.17) is 0 Å². The normalized spacial score (nSPS) is 22.5. The van der Waals surface area contributed by atoms with Gasteiger partial charge in [-0.2, -0.15) is 0 Å². The van der Waals surface area contributed by atoms with E-state index in [2.05, 4.69) is 5.32 Å². The molecule has 2 fully saturated rings. The quantitative estimate of drug-likeness (QED) is 0.759. The molecule has 1 saturated heterocycles. The number of nitrogens with zero attached hydrogens (tertiary/aromatic N) is 1. The van der Waals surface area contributed by atoms with Crippen molar-refractivity contribution in [3.05, 3.63) is 71.8 Å². The van der Waals surface area contributed by atoms with Gasteiger partial charge in [0, 0.05) is 11.7 Å². The Hall–Kier alpha value is -2.88. The third-order valence-electron chi connectivity index (χ3n) is 6.01. The van der Waals surface area contributed by atoms with Gasteiger partial charge >= 0.3 is 0 Å². The van der Waals surface area contributed by atoms with E-state index in [0.29, 0.717) is 0 Å². The maximum atomic E-state index is 13.5. The summed E-state index contributed by atoms with van der Waals surface area (Å²) in [5, 5.41) is 3.25. The fourth-order valence-electron chi connectivity index (χ4n) is 4.41. The second-order valence-electron chi connectivity index (χ2n) is 8.22. The molecule has 0 unspecified atom stereocenters. The van der Waals surface area contributed by atoms with Crippen LogP contribution in [0.5, 0.6) is 0 Å². The summed E-state index contributed by atoms with van der Waals surface area (Å²) in [5.74, 6) is -0.0928. The lowest BCUT2D eigenvalue weighted by atomic mass is 9.80. The molecular weight excluding hydrogens is 360 g/mol. The molecule has 4 heteroatoms. The average molecular weight is 389 g/mol. The second-order valence-corrected chi connectivity index (χ2v) is 8.22. The molecule has 0 aromatic heterocycles. The van der Waals surface area contributed by atoms with Gasteiger partial charge in [0.05, 0.1) is 6.42 Å². The highest BCUT2D eigenvalue weighted by atomic mass is 16.2. The molecule has 1 aliphatic heterocycles. The molecule has 1 atom stereocenters. The third kappa shape index (κ3) is 3.98. The van der Waals surface area contributed by atoms with Gasteiger partial charge in [-0.25, -0.2) is 0 Å². The number of carbonyl (C=O) groups excluding carboxylic acids is 2. The molecule has 0 radical (unpaired) electrons. The molecule has 4 rings (SSSR count). The minimum Gasteiger partial charge on any atom is -0.351 e. The summed E-state index contributed by atoms with van der Waals surface area (Å²) in [6.07, 6.45) is 9.63. The number of carbonyl (C=O) groups is 2. The first-order valence-corrected chi connectivity index (χ1v) is 10.5. The first kappa shape index (κ1) is 19.4. The molecule has 150 valence electrons. The van der Waals surface area contributed by atoms with E-state index in [1.807, 2.05) is 73.7 Å². The van der Waals surface area contributed by atoms with Gasteiger partial charge in [0.2, 0.25) is 5.91 Å². The van der Waals surface area contributed by atoms with Crippen molar-refractivity contribution >= 4 is 23.6 Å². The summed E-state index contributed by atoms with van der Waals surface area (Å²) in [7, 11) is 0. The van der Waals surface area contributed by atoms with Crippen LogP contribution >= 0.6 is 0 Å². The van der Waals surface area contributed by atoms with Crippen LogP contribution in [0, 0.1) is 6.92 Å². The molecule has 2 aromatic rings. The highest BCUT2D eigenvalue weighted by Crippen LogP contribution is 2.39. The summed E-state index contributed by atoms with van der Waals surface area (Å²) in [6.45, 7) is 2.00. The van der Waals surface area contributed by atoms with E-state index >= 15 is 0 Å². The Labute approximate surface area is 172 Å². The van der Waals surface area contributed by atoms with Crippen LogP contribution in [-0.4, -0.2) is 23.4 Å². The lowest BCUT2D eigenvalue weighted by molar-refractivity contribution is -0.137. The van der Waals surface area contributed by atoms with Gasteiger partial charge in [-0.3, -0.25) is 14.5 Å². The summed E-state index contributed by atoms with van der Waals surface area (Å²) in [5.41, 5.74) is 1.88. The van der Waals surface area contributed by atoms with Gasteiger partial charge < -0.3 is 5.32 Å². The lowest BCUT2D eigenvalue weighted by Gasteiger charge is -2.49. The number of anilines is 1. The maximum absolute atomic E-state index is 13.5. The van der Waals surface area contributed by atoms with Crippen LogP contribution in [0.4, 0.5) is 5.69 Å². The number of hydrogen-bond acceptors (Lipinski definition) is 2. The van der Waals surface area contributed by atoms with Crippen molar-refractivity contribution in [1.82, 2.24) is 5.32 Å². The number of amides is 2. The Balaban J connectivity index is 1.67. The highest BCUT2D eigenvalue weighted by molar-refractivity contribution is 6.15. The summed E-state index contributed by atoms with van der Waals surface area (Å²) in [6, 6.07) is 17.9. The first-order valence-electron chi connectivity index (χ1n) is 10.5. The van der Waals surface area contributed by atoms with Crippen LogP contribution in [0.2, 0.25) is 0 Å². The predicted molar refractivity (Wildman–Crippen MR) is 117 cm³/mol. The Morgan fingerprint density at radius 1 is 1.07 bits per heavy atom. The zero-order valence-electron chi connectivity index (χ0n) is 16.9. The smallest absolute Gasteiger partial charge is 0.251 e. The predicted octanol–water partition coefficient (Wildman–Crippen LogP) is 4.63. The number of nitrogens with one attached hydrogen (secondary N) is 1. The van der Waals surface area contributed by atoms with Crippen molar-refractivity contribution in [2.75, 3.05) is 4.90 Å². The molecule has 29 heavy (non-hydrogen) atoms. The van der Waals surface area contributed by atoms with E-state index in [1.165, 1.54) is 6.42 Å². The van der Waals surface area contributed by atoms with Gasteiger partial charge in [-0.15, -0.1) is 0 Å². The SMILES string of the molecule is Cc1cccc(N2C(=O)C[C@@]2(/C=C/c2ccccc2)C(=O)NC2CCCCC2)c1. The van der Waals surface area contributed by atoms with E-state index in [-0.39, 0.29) is 24.3 Å². The molecule has 1 heterocycles. The number of hydrogen-bond donors (Lipinski definition) is 1. The Morgan fingerprint density at radius 2 is 1.83 bits per heavy atom. The molecule has 1 N–H and O–H groups in total. The molecule has 2 aromatic carbocycles. The summed E-state index contributed by atoms with van der Waals surface area (Å²) < 4.78 is 0. The summed E-state index contributed by atoms with van der Waals surface area (Å²) in [4.78, 5) is 27.8. The molecular formula is C25H28N2O2. The zero-order valence-corrected chi connectivity index (χ0v) is 16.9. The van der Waals surface area contributed by atoms with Crippen LogP contribution in [0.25, 0.3) is 6.08 Å². The van der Waals surface area contributed by atoms with Crippen molar-refractivity contribution in [1.29, 1.82) is 0 Å². The lowest BCUT2D eigenvalue weighted by Crippen LogP contribution is -2.70. The Morgan fingerprint density at radius 3 is 2.52 bits per heavy atom. The van der Waals surface area contributed by atoms with Gasteiger partial charge in [0.15, 0.2) is 5.54 Å². The number of benzene rings is 2. The number of rotatable bonds is 5.